The lowest BCUT2D eigenvalue weighted by molar-refractivity contribution is -0.306. The maximum absolute atomic E-state index is 11.3. The minimum Gasteiger partial charge on any atom is -0.550 e. The maximum Gasteiger partial charge on any atom is 0.232 e. The molecule has 156 valence electrons. The van der Waals surface area contributed by atoms with Gasteiger partial charge >= 0.3 is 0 Å². The van der Waals surface area contributed by atoms with Crippen LogP contribution in [-0.2, 0) is 9.53 Å². The van der Waals surface area contributed by atoms with Gasteiger partial charge in [-0.05, 0) is 12.5 Å². The summed E-state index contributed by atoms with van der Waals surface area (Å²) in [5.41, 5.74) is 1.87. The number of hydrogen-bond donors (Lipinski definition) is 3. The highest BCUT2D eigenvalue weighted by atomic mass is 16.5. The first-order valence-corrected chi connectivity index (χ1v) is 9.51. The Kier molecular flexibility index (Phi) is 7.14. The summed E-state index contributed by atoms with van der Waals surface area (Å²) in [7, 11) is 0. The second-order valence-corrected chi connectivity index (χ2v) is 6.72. The number of rotatable bonds is 9. The minimum atomic E-state index is -1.18. The van der Waals surface area contributed by atoms with Crippen molar-refractivity contribution in [3.05, 3.63) is 35.4 Å². The van der Waals surface area contributed by atoms with Gasteiger partial charge in [-0.1, -0.05) is 29.8 Å². The van der Waals surface area contributed by atoms with E-state index in [-0.39, 0.29) is 25.5 Å². The Morgan fingerprint density at radius 1 is 1.21 bits per heavy atom. The van der Waals surface area contributed by atoms with Crippen molar-refractivity contribution in [2.75, 3.05) is 55.0 Å². The van der Waals surface area contributed by atoms with Crippen molar-refractivity contribution in [2.24, 2.45) is 0 Å². The maximum atomic E-state index is 11.3. The number of carbonyl (C=O) groups is 1. The van der Waals surface area contributed by atoms with Crippen LogP contribution >= 0.6 is 0 Å². The van der Waals surface area contributed by atoms with E-state index in [1.807, 2.05) is 36.1 Å². The number of anilines is 3. The van der Waals surface area contributed by atoms with Gasteiger partial charge in [0.2, 0.25) is 17.8 Å². The Bertz CT molecular complexity index is 811. The highest BCUT2D eigenvalue weighted by Crippen LogP contribution is 2.23. The van der Waals surface area contributed by atoms with Crippen LogP contribution in [0.1, 0.15) is 23.6 Å². The van der Waals surface area contributed by atoms with Gasteiger partial charge in [-0.2, -0.15) is 15.0 Å². The van der Waals surface area contributed by atoms with E-state index in [0.717, 1.165) is 11.1 Å². The summed E-state index contributed by atoms with van der Waals surface area (Å²) in [5, 5.41) is 26.4. The fourth-order valence-electron chi connectivity index (χ4n) is 2.95. The van der Waals surface area contributed by atoms with Crippen LogP contribution in [0.15, 0.2) is 24.3 Å². The van der Waals surface area contributed by atoms with Crippen molar-refractivity contribution >= 4 is 23.8 Å². The van der Waals surface area contributed by atoms with Crippen LogP contribution in [0, 0.1) is 6.92 Å². The molecule has 29 heavy (non-hydrogen) atoms. The topological polar surface area (TPSA) is 136 Å². The molecule has 3 rings (SSSR count). The molecule has 10 heteroatoms. The molecule has 1 fully saturated rings. The standard InChI is InChI=1S/C19H26N6O4/c1-13-2-4-14(5-3-13)15(12-16(27)28)21-18-22-17(20-6-9-26)23-19(24-18)25-7-10-29-11-8-25/h2-5,15,26H,6-12H2,1H3,(H,27,28)(H2,20,21,22,23,24)/p-1/t15-/m0/s1. The van der Waals surface area contributed by atoms with E-state index in [0.29, 0.717) is 38.2 Å². The number of aliphatic hydroxyl groups excluding tert-OH is 1. The number of ether oxygens (including phenoxy) is 1. The van der Waals surface area contributed by atoms with Crippen molar-refractivity contribution in [3.8, 4) is 0 Å². The van der Waals surface area contributed by atoms with Crippen LogP contribution in [-0.4, -0.2) is 65.5 Å². The summed E-state index contributed by atoms with van der Waals surface area (Å²) >= 11 is 0. The molecule has 1 aliphatic rings. The number of benzene rings is 1. The number of carbonyl (C=O) groups excluding carboxylic acids is 1. The van der Waals surface area contributed by atoms with Gasteiger partial charge in [-0.25, -0.2) is 0 Å². The van der Waals surface area contributed by atoms with Crippen LogP contribution in [0.25, 0.3) is 0 Å². The van der Waals surface area contributed by atoms with E-state index in [4.69, 9.17) is 9.84 Å². The van der Waals surface area contributed by atoms with Crippen molar-refractivity contribution in [2.45, 2.75) is 19.4 Å². The number of aryl methyl sites for hydroxylation is 1. The zero-order valence-electron chi connectivity index (χ0n) is 16.3. The van der Waals surface area contributed by atoms with Crippen molar-refractivity contribution in [3.63, 3.8) is 0 Å². The molecule has 2 heterocycles. The van der Waals surface area contributed by atoms with Gasteiger partial charge in [-0.3, -0.25) is 0 Å². The smallest absolute Gasteiger partial charge is 0.232 e. The number of nitrogens with one attached hydrogen (secondary N) is 2. The highest BCUT2D eigenvalue weighted by Gasteiger charge is 2.19. The summed E-state index contributed by atoms with van der Waals surface area (Å²) in [6, 6.07) is 7.00. The fourth-order valence-corrected chi connectivity index (χ4v) is 2.95. The molecule has 2 aromatic rings. The number of carboxylic acid groups (broad SMARTS) is 1. The molecule has 0 saturated carbocycles. The van der Waals surface area contributed by atoms with E-state index >= 15 is 0 Å². The van der Waals surface area contributed by atoms with Crippen LogP contribution < -0.4 is 20.6 Å². The van der Waals surface area contributed by atoms with Gasteiger partial charge in [0.15, 0.2) is 0 Å². The molecule has 0 amide bonds. The van der Waals surface area contributed by atoms with E-state index in [1.165, 1.54) is 0 Å². The van der Waals surface area contributed by atoms with E-state index < -0.39 is 12.0 Å². The van der Waals surface area contributed by atoms with Crippen LogP contribution in [0.5, 0.6) is 0 Å². The Morgan fingerprint density at radius 3 is 2.55 bits per heavy atom. The largest absolute Gasteiger partial charge is 0.550 e. The monoisotopic (exact) mass is 401 g/mol. The molecular weight excluding hydrogens is 376 g/mol. The molecule has 1 aromatic carbocycles. The van der Waals surface area contributed by atoms with Crippen LogP contribution in [0.2, 0.25) is 0 Å². The number of hydrogen-bond acceptors (Lipinski definition) is 10. The van der Waals surface area contributed by atoms with Gasteiger partial charge in [0.25, 0.3) is 0 Å². The number of nitrogens with zero attached hydrogens (tertiary/aromatic N) is 4. The predicted octanol–water partition coefficient (Wildman–Crippen LogP) is -0.286. The Hall–Kier alpha value is -2.98. The molecule has 1 saturated heterocycles. The Labute approximate surface area is 169 Å². The van der Waals surface area contributed by atoms with Crippen LogP contribution in [0.4, 0.5) is 17.8 Å². The second-order valence-electron chi connectivity index (χ2n) is 6.72. The Morgan fingerprint density at radius 2 is 1.90 bits per heavy atom. The lowest BCUT2D eigenvalue weighted by Gasteiger charge is -2.27. The molecule has 0 aliphatic carbocycles. The van der Waals surface area contributed by atoms with Crippen molar-refractivity contribution in [1.29, 1.82) is 0 Å². The highest BCUT2D eigenvalue weighted by molar-refractivity contribution is 5.66. The quantitative estimate of drug-likeness (QED) is 0.514. The molecule has 1 aliphatic heterocycles. The molecule has 10 nitrogen and oxygen atoms in total. The number of carboxylic acids is 1. The molecule has 1 aromatic heterocycles. The van der Waals surface area contributed by atoms with Crippen molar-refractivity contribution in [1.82, 2.24) is 15.0 Å². The van der Waals surface area contributed by atoms with Gasteiger partial charge in [0.1, 0.15) is 0 Å². The summed E-state index contributed by atoms with van der Waals surface area (Å²) in [6.45, 7) is 4.61. The van der Waals surface area contributed by atoms with E-state index in [9.17, 15) is 9.90 Å². The lowest BCUT2D eigenvalue weighted by Crippen LogP contribution is -2.37. The summed E-state index contributed by atoms with van der Waals surface area (Å²) in [6.07, 6.45) is -0.235. The zero-order valence-corrected chi connectivity index (χ0v) is 16.3. The third-order valence-corrected chi connectivity index (χ3v) is 4.47. The van der Waals surface area contributed by atoms with Gasteiger partial charge in [0.05, 0.1) is 25.9 Å². The number of aromatic nitrogens is 3. The lowest BCUT2D eigenvalue weighted by atomic mass is 10.0. The third kappa shape index (κ3) is 6.00. The predicted molar refractivity (Wildman–Crippen MR) is 106 cm³/mol. The summed E-state index contributed by atoms with van der Waals surface area (Å²) in [5.74, 6) is -0.172. The molecule has 0 spiro atoms. The van der Waals surface area contributed by atoms with E-state index in [2.05, 4.69) is 25.6 Å². The SMILES string of the molecule is Cc1ccc([C@H](CC(=O)[O-])Nc2nc(NCCO)nc(N3CCOCC3)n2)cc1. The molecular formula is C19H25N6O4-. The molecule has 0 bridgehead atoms. The third-order valence-electron chi connectivity index (χ3n) is 4.47. The fraction of sp³-hybridized carbons (Fsp3) is 0.474. The minimum absolute atomic E-state index is 0.0714. The normalized spacial score (nSPS) is 15.0. The first kappa shape index (κ1) is 20.7. The van der Waals surface area contributed by atoms with Gasteiger partial charge < -0.3 is 35.3 Å². The second kappa shape index (κ2) is 9.99. The van der Waals surface area contributed by atoms with Gasteiger partial charge in [-0.15, -0.1) is 0 Å². The van der Waals surface area contributed by atoms with E-state index in [1.54, 1.807) is 0 Å². The first-order valence-electron chi connectivity index (χ1n) is 9.51. The molecule has 0 radical (unpaired) electrons. The number of morpholine rings is 1. The average molecular weight is 401 g/mol. The average Bonchev–Trinajstić information content (AvgIpc) is 2.72. The van der Waals surface area contributed by atoms with Crippen molar-refractivity contribution < 1.29 is 19.7 Å². The molecule has 0 unspecified atom stereocenters. The van der Waals surface area contributed by atoms with Crippen LogP contribution in [0.3, 0.4) is 0 Å². The summed E-state index contributed by atoms with van der Waals surface area (Å²) in [4.78, 5) is 26.5. The number of aliphatic carboxylic acids is 1. The number of aliphatic hydroxyl groups is 1. The summed E-state index contributed by atoms with van der Waals surface area (Å²) < 4.78 is 5.37. The molecule has 3 N–H and O–H groups in total. The van der Waals surface area contributed by atoms with Gasteiger partial charge in [0, 0.05) is 32.0 Å². The zero-order chi connectivity index (χ0) is 20.6. The molecule has 1 atom stereocenters. The first-order chi connectivity index (χ1) is 14.0. The Balaban J connectivity index is 1.88.